The van der Waals surface area contributed by atoms with Gasteiger partial charge in [0.2, 0.25) is 5.91 Å². The molecule has 4 atom stereocenters. The fourth-order valence-corrected chi connectivity index (χ4v) is 2.41. The number of carbonyl (C=O) groups excluding carboxylic acids is 3. The number of hydrogen-bond acceptors (Lipinski definition) is 7. The number of hydrogen-bond donors (Lipinski definition) is 1. The molecule has 0 saturated carbocycles. The minimum atomic E-state index is -0.514. The first kappa shape index (κ1) is 15.7. The lowest BCUT2D eigenvalue weighted by Crippen LogP contribution is -2.36. The third-order valence-corrected chi connectivity index (χ3v) is 3.27. The molecule has 0 bridgehead atoms. The number of ether oxygens (including phenoxy) is 4. The smallest absolute Gasteiger partial charge is 0.308 e. The van der Waals surface area contributed by atoms with Crippen molar-refractivity contribution in [2.24, 2.45) is 0 Å². The number of rotatable bonds is 5. The number of carbonyl (C=O) groups is 3. The highest BCUT2D eigenvalue weighted by atomic mass is 16.7. The molecule has 0 aromatic carbocycles. The van der Waals surface area contributed by atoms with Gasteiger partial charge in [0, 0.05) is 20.4 Å². The van der Waals surface area contributed by atoms with E-state index < -0.39 is 36.4 Å². The van der Waals surface area contributed by atoms with Crippen LogP contribution in [0.4, 0.5) is 0 Å². The van der Waals surface area contributed by atoms with Crippen LogP contribution in [0.5, 0.6) is 0 Å². The molecule has 8 heteroatoms. The van der Waals surface area contributed by atoms with E-state index in [1.54, 1.807) is 0 Å². The Morgan fingerprint density at radius 2 is 1.62 bits per heavy atom. The van der Waals surface area contributed by atoms with E-state index in [4.69, 9.17) is 18.9 Å². The standard InChI is InChI=1S/C13H19NO7/c1-7(15)14-4-3-11(17)21-10-6-19-12-9(20-8(2)16)5-18-13(10)12/h9-10,12-13H,3-6H2,1-2H3,(H,14,15)/t9-,10+,12-,13-/m1/s1. The Hall–Kier alpha value is -1.67. The van der Waals surface area contributed by atoms with Crippen molar-refractivity contribution in [3.63, 3.8) is 0 Å². The average Bonchev–Trinajstić information content (AvgIpc) is 2.93. The summed E-state index contributed by atoms with van der Waals surface area (Å²) in [4.78, 5) is 33.3. The van der Waals surface area contributed by atoms with Crippen LogP contribution in [0, 0.1) is 0 Å². The molecule has 2 saturated heterocycles. The molecule has 2 aliphatic heterocycles. The second-order valence-corrected chi connectivity index (χ2v) is 5.01. The molecule has 2 rings (SSSR count). The van der Waals surface area contributed by atoms with Crippen molar-refractivity contribution in [3.05, 3.63) is 0 Å². The van der Waals surface area contributed by atoms with E-state index in [1.807, 2.05) is 0 Å². The van der Waals surface area contributed by atoms with Gasteiger partial charge in [0.05, 0.1) is 19.6 Å². The van der Waals surface area contributed by atoms with Gasteiger partial charge in [-0.15, -0.1) is 0 Å². The summed E-state index contributed by atoms with van der Waals surface area (Å²) in [6.45, 7) is 3.37. The molecule has 21 heavy (non-hydrogen) atoms. The number of nitrogens with one attached hydrogen (secondary N) is 1. The van der Waals surface area contributed by atoms with Crippen LogP contribution in [0.1, 0.15) is 20.3 Å². The summed E-state index contributed by atoms with van der Waals surface area (Å²) >= 11 is 0. The van der Waals surface area contributed by atoms with E-state index >= 15 is 0 Å². The topological polar surface area (TPSA) is 100 Å². The Balaban J connectivity index is 1.77. The van der Waals surface area contributed by atoms with Gasteiger partial charge < -0.3 is 24.3 Å². The molecule has 0 aromatic heterocycles. The zero-order valence-corrected chi connectivity index (χ0v) is 12.0. The van der Waals surface area contributed by atoms with Gasteiger partial charge in [-0.05, 0) is 0 Å². The molecule has 2 aliphatic rings. The molecule has 8 nitrogen and oxygen atoms in total. The van der Waals surface area contributed by atoms with E-state index in [0.717, 1.165) is 0 Å². The quantitative estimate of drug-likeness (QED) is 0.660. The molecular weight excluding hydrogens is 282 g/mol. The molecule has 0 aromatic rings. The van der Waals surface area contributed by atoms with Crippen LogP contribution in [0.2, 0.25) is 0 Å². The Bertz CT molecular complexity index is 425. The molecule has 1 N–H and O–H groups in total. The first-order valence-corrected chi connectivity index (χ1v) is 6.81. The Morgan fingerprint density at radius 1 is 1.05 bits per heavy atom. The first-order chi connectivity index (χ1) is 9.97. The van der Waals surface area contributed by atoms with Crippen molar-refractivity contribution in [3.8, 4) is 0 Å². The van der Waals surface area contributed by atoms with Gasteiger partial charge in [-0.3, -0.25) is 14.4 Å². The third kappa shape index (κ3) is 4.15. The highest BCUT2D eigenvalue weighted by Crippen LogP contribution is 2.30. The summed E-state index contributed by atoms with van der Waals surface area (Å²) in [6.07, 6.45) is -1.71. The zero-order chi connectivity index (χ0) is 15.4. The minimum Gasteiger partial charge on any atom is -0.457 e. The molecule has 118 valence electrons. The van der Waals surface area contributed by atoms with Crippen LogP contribution in [0.25, 0.3) is 0 Å². The third-order valence-electron chi connectivity index (χ3n) is 3.27. The number of amides is 1. The highest BCUT2D eigenvalue weighted by Gasteiger charge is 2.50. The summed E-state index contributed by atoms with van der Waals surface area (Å²) in [5, 5.41) is 2.52. The van der Waals surface area contributed by atoms with Crippen LogP contribution < -0.4 is 5.32 Å². The summed E-state index contributed by atoms with van der Waals surface area (Å²) in [6, 6.07) is 0. The van der Waals surface area contributed by atoms with E-state index in [1.165, 1.54) is 13.8 Å². The molecule has 2 fully saturated rings. The summed E-state index contributed by atoms with van der Waals surface area (Å²) in [5.74, 6) is -1.03. The van der Waals surface area contributed by atoms with Crippen molar-refractivity contribution in [2.45, 2.75) is 44.7 Å². The van der Waals surface area contributed by atoms with Gasteiger partial charge in [0.25, 0.3) is 0 Å². The van der Waals surface area contributed by atoms with Crippen molar-refractivity contribution < 1.29 is 33.3 Å². The maximum absolute atomic E-state index is 11.7. The summed E-state index contributed by atoms with van der Waals surface area (Å²) < 4.78 is 21.4. The fraction of sp³-hybridized carbons (Fsp3) is 0.769. The second-order valence-electron chi connectivity index (χ2n) is 5.01. The monoisotopic (exact) mass is 301 g/mol. The molecule has 0 spiro atoms. The van der Waals surface area contributed by atoms with Crippen LogP contribution in [-0.4, -0.2) is 62.0 Å². The van der Waals surface area contributed by atoms with Crippen LogP contribution in [0.3, 0.4) is 0 Å². The maximum atomic E-state index is 11.7. The minimum absolute atomic E-state index is 0.0842. The maximum Gasteiger partial charge on any atom is 0.308 e. The summed E-state index contributed by atoms with van der Waals surface area (Å²) in [5.41, 5.74) is 0. The van der Waals surface area contributed by atoms with Gasteiger partial charge >= 0.3 is 11.9 Å². The average molecular weight is 301 g/mol. The van der Waals surface area contributed by atoms with Crippen molar-refractivity contribution in [1.82, 2.24) is 5.32 Å². The largest absolute Gasteiger partial charge is 0.457 e. The van der Waals surface area contributed by atoms with Crippen LogP contribution in [0.15, 0.2) is 0 Å². The molecular formula is C13H19NO7. The van der Waals surface area contributed by atoms with Gasteiger partial charge in [0.15, 0.2) is 12.2 Å². The molecule has 0 unspecified atom stereocenters. The Kier molecular flexibility index (Phi) is 5.13. The summed E-state index contributed by atoms with van der Waals surface area (Å²) in [7, 11) is 0. The predicted molar refractivity (Wildman–Crippen MR) is 68.2 cm³/mol. The molecule has 2 heterocycles. The van der Waals surface area contributed by atoms with E-state index in [9.17, 15) is 14.4 Å². The van der Waals surface area contributed by atoms with Crippen molar-refractivity contribution in [2.75, 3.05) is 19.8 Å². The first-order valence-electron chi connectivity index (χ1n) is 6.81. The molecule has 0 radical (unpaired) electrons. The van der Waals surface area contributed by atoms with Gasteiger partial charge in [-0.2, -0.15) is 0 Å². The van der Waals surface area contributed by atoms with Crippen LogP contribution in [-0.2, 0) is 33.3 Å². The second kappa shape index (κ2) is 6.86. The SMILES string of the molecule is CC(=O)NCCC(=O)O[C@H]1CO[C@H]2[C@@H]1OC[C@H]2OC(C)=O. The van der Waals surface area contributed by atoms with E-state index in [-0.39, 0.29) is 32.1 Å². The fourth-order valence-electron chi connectivity index (χ4n) is 2.41. The Labute approximate surface area is 122 Å². The van der Waals surface area contributed by atoms with Crippen LogP contribution >= 0.6 is 0 Å². The number of fused-ring (bicyclic) bond motifs is 1. The van der Waals surface area contributed by atoms with Gasteiger partial charge in [0.1, 0.15) is 12.2 Å². The predicted octanol–water partition coefficient (Wildman–Crippen LogP) is -0.846. The van der Waals surface area contributed by atoms with E-state index in [0.29, 0.717) is 0 Å². The Morgan fingerprint density at radius 3 is 2.14 bits per heavy atom. The van der Waals surface area contributed by atoms with E-state index in [2.05, 4.69) is 5.32 Å². The molecule has 1 amide bonds. The number of esters is 2. The van der Waals surface area contributed by atoms with Gasteiger partial charge in [-0.25, -0.2) is 0 Å². The highest BCUT2D eigenvalue weighted by molar-refractivity contribution is 5.74. The molecule has 0 aliphatic carbocycles. The lowest BCUT2D eigenvalue weighted by molar-refractivity contribution is -0.154. The normalized spacial score (nSPS) is 30.6. The van der Waals surface area contributed by atoms with Crippen molar-refractivity contribution in [1.29, 1.82) is 0 Å². The lowest BCUT2D eigenvalue weighted by Gasteiger charge is -2.17. The lowest BCUT2D eigenvalue weighted by atomic mass is 10.1. The zero-order valence-electron chi connectivity index (χ0n) is 12.0. The van der Waals surface area contributed by atoms with Crippen molar-refractivity contribution >= 4 is 17.8 Å². The van der Waals surface area contributed by atoms with Gasteiger partial charge in [-0.1, -0.05) is 0 Å².